The van der Waals surface area contributed by atoms with Gasteiger partial charge in [0.1, 0.15) is 17.6 Å². The summed E-state index contributed by atoms with van der Waals surface area (Å²) in [6.45, 7) is 8.19. The largest absolute Gasteiger partial charge is 0.424 e. The number of halogens is 1. The molecule has 0 aliphatic carbocycles. The van der Waals surface area contributed by atoms with Crippen molar-refractivity contribution in [3.63, 3.8) is 0 Å². The number of nitrogen functional groups attached to an aromatic ring is 1. The molecule has 1 amide bonds. The Morgan fingerprint density at radius 3 is 2.66 bits per heavy atom. The number of anilines is 1. The van der Waals surface area contributed by atoms with E-state index in [1.807, 2.05) is 60.9 Å². The number of carbonyl (C=O) groups excluding carboxylic acids is 1. The molecule has 2 aromatic carbocycles. The minimum Gasteiger partial charge on any atom is -0.424 e. The Labute approximate surface area is 241 Å². The maximum atomic E-state index is 11.7. The number of rotatable bonds is 8. The van der Waals surface area contributed by atoms with Crippen LogP contribution >= 0.6 is 11.6 Å². The molecule has 9 nitrogen and oxygen atoms in total. The number of carbonyl (C=O) groups is 1. The number of aryl methyl sites for hydroxylation is 2. The maximum Gasteiger partial charge on any atom is 0.322 e. The van der Waals surface area contributed by atoms with E-state index in [-0.39, 0.29) is 11.9 Å². The van der Waals surface area contributed by atoms with Gasteiger partial charge in [0, 0.05) is 42.3 Å². The molecule has 0 atom stereocenters. The smallest absolute Gasteiger partial charge is 0.322 e. The number of nitrogens with two attached hydrogens (primary N) is 1. The Balaban J connectivity index is 1.68. The molecule has 0 aliphatic heterocycles. The van der Waals surface area contributed by atoms with E-state index in [0.29, 0.717) is 46.1 Å². The van der Waals surface area contributed by atoms with Gasteiger partial charge in [-0.25, -0.2) is 15.0 Å². The van der Waals surface area contributed by atoms with Crippen molar-refractivity contribution in [3.05, 3.63) is 95.4 Å². The van der Waals surface area contributed by atoms with Crippen LogP contribution in [0.2, 0.25) is 5.02 Å². The Morgan fingerprint density at radius 1 is 1.22 bits per heavy atom. The van der Waals surface area contributed by atoms with Gasteiger partial charge >= 0.3 is 6.01 Å². The predicted molar refractivity (Wildman–Crippen MR) is 159 cm³/mol. The summed E-state index contributed by atoms with van der Waals surface area (Å²) in [6.07, 6.45) is 4.35. The number of pyridine rings is 1. The molecule has 0 saturated carbocycles. The van der Waals surface area contributed by atoms with Gasteiger partial charge in [-0.15, -0.1) is 0 Å². The van der Waals surface area contributed by atoms with Crippen molar-refractivity contribution in [3.8, 4) is 40.2 Å². The molecule has 0 fully saturated rings. The number of hydrogen-bond acceptors (Lipinski definition) is 7. The zero-order valence-corrected chi connectivity index (χ0v) is 23.2. The van der Waals surface area contributed by atoms with Crippen molar-refractivity contribution in [1.82, 2.24) is 24.8 Å². The molecule has 10 heteroatoms. The third-order valence-electron chi connectivity index (χ3n) is 6.61. The molecule has 3 heterocycles. The van der Waals surface area contributed by atoms with Crippen LogP contribution in [0.4, 0.5) is 5.82 Å². The van der Waals surface area contributed by atoms with Gasteiger partial charge in [0.2, 0.25) is 5.91 Å². The van der Waals surface area contributed by atoms with E-state index in [1.54, 1.807) is 12.3 Å². The molecule has 0 saturated heterocycles. The molecule has 3 N–H and O–H groups in total. The molecule has 0 unspecified atom stereocenters. The van der Waals surface area contributed by atoms with E-state index < -0.39 is 0 Å². The standard InChI is InChI=1S/C31H26ClN7O2/c1-4-25(40)36-16-19-6-11-23(24(32)14-19)29-26(27-28(39(29)5-2)21(15-33)17-37-30(27)34)20-7-9-22(10-8-20)41-31-35-13-12-18(3)38-31/h4,6-14,17H,1,5,16H2,2-3H3,(H2,34,37)(H,36,40). The van der Waals surface area contributed by atoms with Crippen molar-refractivity contribution < 1.29 is 9.53 Å². The van der Waals surface area contributed by atoms with E-state index in [0.717, 1.165) is 33.6 Å². The highest BCUT2D eigenvalue weighted by Crippen LogP contribution is 2.46. The summed E-state index contributed by atoms with van der Waals surface area (Å²) in [5, 5.41) is 13.9. The summed E-state index contributed by atoms with van der Waals surface area (Å²) in [5.41, 5.74) is 12.3. The topological polar surface area (TPSA) is 132 Å². The first-order valence-electron chi connectivity index (χ1n) is 12.8. The molecule has 0 aliphatic rings. The first kappa shape index (κ1) is 27.4. The summed E-state index contributed by atoms with van der Waals surface area (Å²) in [6, 6.07) is 17.4. The van der Waals surface area contributed by atoms with Crippen LogP contribution in [0.3, 0.4) is 0 Å². The summed E-state index contributed by atoms with van der Waals surface area (Å²) in [5.74, 6) is 0.593. The number of benzene rings is 2. The second kappa shape index (κ2) is 11.5. The third kappa shape index (κ3) is 5.33. The number of hydrogen-bond donors (Lipinski definition) is 2. The SMILES string of the molecule is C=CC(=O)NCc1ccc(-c2c(-c3ccc(Oc4nccc(C)n4)cc3)c3c(N)ncc(C#N)c3n2CC)c(Cl)c1. The van der Waals surface area contributed by atoms with Crippen molar-refractivity contribution in [2.24, 2.45) is 0 Å². The van der Waals surface area contributed by atoms with Crippen LogP contribution in [0.15, 0.2) is 73.6 Å². The van der Waals surface area contributed by atoms with Gasteiger partial charge in [-0.05, 0) is 55.3 Å². The van der Waals surface area contributed by atoms with Crippen LogP contribution in [-0.2, 0) is 17.9 Å². The summed E-state index contributed by atoms with van der Waals surface area (Å²) in [7, 11) is 0. The molecule has 5 rings (SSSR count). The number of nitriles is 1. The Hall–Kier alpha value is -5.20. The fraction of sp³-hybridized carbons (Fsp3) is 0.129. The molecule has 41 heavy (non-hydrogen) atoms. The Morgan fingerprint density at radius 2 is 2.00 bits per heavy atom. The van der Waals surface area contributed by atoms with Crippen LogP contribution in [-0.4, -0.2) is 25.4 Å². The Bertz CT molecular complexity index is 1840. The van der Waals surface area contributed by atoms with Crippen LogP contribution in [0.25, 0.3) is 33.3 Å². The molecular formula is C31H26ClN7O2. The average Bonchev–Trinajstić information content (AvgIpc) is 3.32. The molecule has 3 aromatic heterocycles. The monoisotopic (exact) mass is 563 g/mol. The van der Waals surface area contributed by atoms with Crippen LogP contribution < -0.4 is 15.8 Å². The van der Waals surface area contributed by atoms with Crippen molar-refractivity contribution in [2.45, 2.75) is 26.9 Å². The van der Waals surface area contributed by atoms with E-state index in [1.165, 1.54) is 12.3 Å². The van der Waals surface area contributed by atoms with Gasteiger partial charge in [-0.1, -0.05) is 42.4 Å². The number of nitrogens with one attached hydrogen (secondary N) is 1. The quantitative estimate of drug-likeness (QED) is 0.215. The fourth-order valence-corrected chi connectivity index (χ4v) is 5.05. The van der Waals surface area contributed by atoms with E-state index in [2.05, 4.69) is 32.9 Å². The third-order valence-corrected chi connectivity index (χ3v) is 6.92. The van der Waals surface area contributed by atoms with Gasteiger partial charge in [0.25, 0.3) is 0 Å². The predicted octanol–water partition coefficient (Wildman–Crippen LogP) is 6.19. The minimum atomic E-state index is -0.271. The molecule has 0 bridgehead atoms. The van der Waals surface area contributed by atoms with Crippen molar-refractivity contribution in [2.75, 3.05) is 5.73 Å². The van der Waals surface area contributed by atoms with E-state index >= 15 is 0 Å². The number of amides is 1. The van der Waals surface area contributed by atoms with E-state index in [9.17, 15) is 10.1 Å². The van der Waals surface area contributed by atoms with Crippen molar-refractivity contribution in [1.29, 1.82) is 5.26 Å². The van der Waals surface area contributed by atoms with Crippen LogP contribution in [0.5, 0.6) is 11.8 Å². The highest BCUT2D eigenvalue weighted by atomic mass is 35.5. The maximum absolute atomic E-state index is 11.7. The second-order valence-electron chi connectivity index (χ2n) is 9.20. The summed E-state index contributed by atoms with van der Waals surface area (Å²) >= 11 is 6.88. The Kier molecular flexibility index (Phi) is 7.68. The molecule has 5 aromatic rings. The number of fused-ring (bicyclic) bond motifs is 1. The van der Waals surface area contributed by atoms with Gasteiger partial charge in [-0.3, -0.25) is 4.79 Å². The normalized spacial score (nSPS) is 10.8. The first-order valence-corrected chi connectivity index (χ1v) is 13.2. The number of aromatic nitrogens is 4. The lowest BCUT2D eigenvalue weighted by molar-refractivity contribution is -0.116. The lowest BCUT2D eigenvalue weighted by Crippen LogP contribution is -2.19. The van der Waals surface area contributed by atoms with Crippen LogP contribution in [0, 0.1) is 18.3 Å². The van der Waals surface area contributed by atoms with Crippen molar-refractivity contribution >= 4 is 34.2 Å². The average molecular weight is 564 g/mol. The molecule has 0 radical (unpaired) electrons. The number of ether oxygens (including phenoxy) is 1. The molecular weight excluding hydrogens is 538 g/mol. The first-order chi connectivity index (χ1) is 19.8. The summed E-state index contributed by atoms with van der Waals surface area (Å²) in [4.78, 5) is 24.4. The minimum absolute atomic E-state index is 0.254. The number of nitrogens with zero attached hydrogens (tertiary/aromatic N) is 5. The lowest BCUT2D eigenvalue weighted by atomic mass is 9.97. The zero-order chi connectivity index (χ0) is 29.1. The second-order valence-corrected chi connectivity index (χ2v) is 9.61. The summed E-state index contributed by atoms with van der Waals surface area (Å²) < 4.78 is 7.89. The highest BCUT2D eigenvalue weighted by molar-refractivity contribution is 6.34. The van der Waals surface area contributed by atoms with Gasteiger partial charge in [0.15, 0.2) is 0 Å². The highest BCUT2D eigenvalue weighted by Gasteiger charge is 2.25. The van der Waals surface area contributed by atoms with Gasteiger partial charge in [-0.2, -0.15) is 5.26 Å². The van der Waals surface area contributed by atoms with Crippen LogP contribution in [0.1, 0.15) is 23.7 Å². The van der Waals surface area contributed by atoms with E-state index in [4.69, 9.17) is 22.1 Å². The zero-order valence-electron chi connectivity index (χ0n) is 22.5. The fourth-order valence-electron chi connectivity index (χ4n) is 4.76. The molecule has 0 spiro atoms. The molecule has 204 valence electrons. The van der Waals surface area contributed by atoms with Gasteiger partial charge in [0.05, 0.1) is 27.2 Å². The lowest BCUT2D eigenvalue weighted by Gasteiger charge is -2.14. The van der Waals surface area contributed by atoms with Gasteiger partial charge < -0.3 is 20.4 Å².